The fourth-order valence-corrected chi connectivity index (χ4v) is 2.33. The van der Waals surface area contributed by atoms with Crippen LogP contribution in [0.5, 0.6) is 0 Å². The van der Waals surface area contributed by atoms with Crippen LogP contribution in [0.4, 0.5) is 5.69 Å². The van der Waals surface area contributed by atoms with E-state index >= 15 is 0 Å². The zero-order valence-corrected chi connectivity index (χ0v) is 15.7. The van der Waals surface area contributed by atoms with Crippen molar-refractivity contribution in [1.29, 1.82) is 0 Å². The van der Waals surface area contributed by atoms with Crippen molar-refractivity contribution in [2.24, 2.45) is 0 Å². The number of halogens is 1. The molecule has 0 saturated heterocycles. The minimum Gasteiger partial charge on any atom is -0.339 e. The molecular weight excluding hydrogens is 368 g/mol. The highest BCUT2D eigenvalue weighted by atomic mass is 35.5. The summed E-state index contributed by atoms with van der Waals surface area (Å²) in [6.07, 6.45) is 3.81. The summed E-state index contributed by atoms with van der Waals surface area (Å²) in [5.74, 6) is 0.978. The van der Waals surface area contributed by atoms with Crippen molar-refractivity contribution >= 4 is 24.0 Å². The van der Waals surface area contributed by atoms with Gasteiger partial charge in [0.25, 0.3) is 0 Å². The molecule has 8 nitrogen and oxygen atoms in total. The number of anilines is 1. The molecule has 0 aliphatic heterocycles. The maximum absolute atomic E-state index is 12.1. The number of nitrogens with one attached hydrogen (secondary N) is 2. The fraction of sp³-hybridized carbons (Fsp3) is 0.278. The Morgan fingerprint density at radius 3 is 2.74 bits per heavy atom. The third kappa shape index (κ3) is 6.12. The highest BCUT2D eigenvalue weighted by molar-refractivity contribution is 5.90. The van der Waals surface area contributed by atoms with E-state index in [4.69, 9.17) is 4.52 Å². The van der Waals surface area contributed by atoms with Crippen LogP contribution >= 0.6 is 12.4 Å². The number of nitrogens with zero attached hydrogens (tertiary/aromatic N) is 4. The van der Waals surface area contributed by atoms with Crippen LogP contribution in [-0.4, -0.2) is 32.6 Å². The van der Waals surface area contributed by atoms with Gasteiger partial charge in [-0.15, -0.1) is 12.4 Å². The first-order chi connectivity index (χ1) is 12.7. The molecule has 0 saturated carbocycles. The lowest BCUT2D eigenvalue weighted by atomic mass is 10.2. The Morgan fingerprint density at radius 2 is 1.96 bits per heavy atom. The first kappa shape index (κ1) is 20.5. The van der Waals surface area contributed by atoms with Gasteiger partial charge in [-0.2, -0.15) is 4.98 Å². The lowest BCUT2D eigenvalue weighted by molar-refractivity contribution is -0.116. The smallest absolute Gasteiger partial charge is 0.240 e. The number of aryl methyl sites for hydroxylation is 1. The summed E-state index contributed by atoms with van der Waals surface area (Å²) in [5, 5.41) is 9.98. The van der Waals surface area contributed by atoms with Gasteiger partial charge in [0.1, 0.15) is 0 Å². The number of aromatic nitrogens is 4. The molecule has 142 valence electrons. The van der Waals surface area contributed by atoms with E-state index in [2.05, 4.69) is 37.7 Å². The SMILES string of the molecule is CCNCc1cccc(NC(=O)CCc2nc(-c3ncccn3)no2)c1.Cl. The monoisotopic (exact) mass is 388 g/mol. The molecule has 0 spiro atoms. The quantitative estimate of drug-likeness (QED) is 0.610. The van der Waals surface area contributed by atoms with Gasteiger partial charge in [0, 0.05) is 37.5 Å². The molecule has 0 bridgehead atoms. The van der Waals surface area contributed by atoms with E-state index in [1.54, 1.807) is 18.5 Å². The Labute approximate surface area is 163 Å². The summed E-state index contributed by atoms with van der Waals surface area (Å²) in [4.78, 5) is 24.5. The highest BCUT2D eigenvalue weighted by Crippen LogP contribution is 2.13. The van der Waals surface area contributed by atoms with Gasteiger partial charge in [0.15, 0.2) is 0 Å². The molecule has 0 unspecified atom stereocenters. The van der Waals surface area contributed by atoms with Crippen molar-refractivity contribution in [2.45, 2.75) is 26.3 Å². The second kappa shape index (κ2) is 10.3. The standard InChI is InChI=1S/C18H20N6O2.ClH/c1-2-19-12-13-5-3-6-14(11-13)22-15(25)7-8-16-23-18(24-26-16)17-20-9-4-10-21-17;/h3-6,9-11,19H,2,7-8,12H2,1H3,(H,22,25);1H. The minimum atomic E-state index is -0.110. The predicted molar refractivity (Wildman–Crippen MR) is 103 cm³/mol. The van der Waals surface area contributed by atoms with Crippen molar-refractivity contribution < 1.29 is 9.32 Å². The largest absolute Gasteiger partial charge is 0.339 e. The Balaban J connectivity index is 0.00000261. The van der Waals surface area contributed by atoms with Gasteiger partial charge < -0.3 is 15.2 Å². The molecule has 2 N–H and O–H groups in total. The molecule has 2 aromatic heterocycles. The Morgan fingerprint density at radius 1 is 1.15 bits per heavy atom. The van der Waals surface area contributed by atoms with Gasteiger partial charge in [0.05, 0.1) is 0 Å². The van der Waals surface area contributed by atoms with Crippen LogP contribution in [0, 0.1) is 0 Å². The summed E-state index contributed by atoms with van der Waals surface area (Å²) in [7, 11) is 0. The van der Waals surface area contributed by atoms with Gasteiger partial charge in [-0.05, 0) is 30.3 Å². The Bertz CT molecular complexity index is 856. The van der Waals surface area contributed by atoms with E-state index in [-0.39, 0.29) is 24.7 Å². The molecule has 1 aromatic carbocycles. The molecule has 1 amide bonds. The number of carbonyl (C=O) groups excluding carboxylic acids is 1. The molecule has 0 aliphatic rings. The summed E-state index contributed by atoms with van der Waals surface area (Å²) in [5.41, 5.74) is 1.89. The average molecular weight is 389 g/mol. The molecule has 0 fully saturated rings. The van der Waals surface area contributed by atoms with Gasteiger partial charge in [-0.25, -0.2) is 9.97 Å². The second-order valence-corrected chi connectivity index (χ2v) is 5.61. The summed E-state index contributed by atoms with van der Waals surface area (Å²) >= 11 is 0. The minimum absolute atomic E-state index is 0. The molecule has 27 heavy (non-hydrogen) atoms. The van der Waals surface area contributed by atoms with E-state index in [1.165, 1.54) is 0 Å². The number of hydrogen-bond acceptors (Lipinski definition) is 7. The maximum atomic E-state index is 12.1. The second-order valence-electron chi connectivity index (χ2n) is 5.61. The van der Waals surface area contributed by atoms with E-state index in [9.17, 15) is 4.79 Å². The Kier molecular flexibility index (Phi) is 7.84. The summed E-state index contributed by atoms with van der Waals surface area (Å²) in [6, 6.07) is 9.47. The lowest BCUT2D eigenvalue weighted by Gasteiger charge is -2.07. The van der Waals surface area contributed by atoms with Crippen molar-refractivity contribution in [3.05, 3.63) is 54.2 Å². The average Bonchev–Trinajstić information content (AvgIpc) is 3.15. The molecule has 3 rings (SSSR count). The van der Waals surface area contributed by atoms with E-state index in [1.807, 2.05) is 24.3 Å². The van der Waals surface area contributed by atoms with E-state index < -0.39 is 0 Å². The Hall–Kier alpha value is -2.84. The van der Waals surface area contributed by atoms with Crippen LogP contribution in [0.25, 0.3) is 11.6 Å². The fourth-order valence-electron chi connectivity index (χ4n) is 2.33. The van der Waals surface area contributed by atoms with E-state index in [0.29, 0.717) is 24.0 Å². The summed E-state index contributed by atoms with van der Waals surface area (Å²) < 4.78 is 5.15. The van der Waals surface area contributed by atoms with Crippen LogP contribution in [0.2, 0.25) is 0 Å². The third-order valence-corrected chi connectivity index (χ3v) is 3.59. The number of benzene rings is 1. The molecule has 0 aliphatic carbocycles. The third-order valence-electron chi connectivity index (χ3n) is 3.59. The van der Waals surface area contributed by atoms with Crippen molar-refractivity contribution in [3.63, 3.8) is 0 Å². The predicted octanol–water partition coefficient (Wildman–Crippen LogP) is 2.63. The highest BCUT2D eigenvalue weighted by Gasteiger charge is 2.12. The van der Waals surface area contributed by atoms with Gasteiger partial charge in [0.2, 0.25) is 23.4 Å². The van der Waals surface area contributed by atoms with Crippen molar-refractivity contribution in [1.82, 2.24) is 25.4 Å². The van der Waals surface area contributed by atoms with Crippen LogP contribution in [0.3, 0.4) is 0 Å². The summed E-state index contributed by atoms with van der Waals surface area (Å²) in [6.45, 7) is 3.72. The van der Waals surface area contributed by atoms with Gasteiger partial charge in [-0.1, -0.05) is 24.2 Å². The van der Waals surface area contributed by atoms with Crippen LogP contribution in [0.1, 0.15) is 24.8 Å². The number of rotatable bonds is 8. The van der Waals surface area contributed by atoms with Crippen molar-refractivity contribution in [2.75, 3.05) is 11.9 Å². The van der Waals surface area contributed by atoms with Gasteiger partial charge >= 0.3 is 0 Å². The number of hydrogen-bond donors (Lipinski definition) is 2. The molecule has 0 atom stereocenters. The molecule has 2 heterocycles. The van der Waals surface area contributed by atoms with Crippen molar-refractivity contribution in [3.8, 4) is 11.6 Å². The molecular formula is C18H21ClN6O2. The molecule has 9 heteroatoms. The van der Waals surface area contributed by atoms with Crippen LogP contribution in [-0.2, 0) is 17.8 Å². The molecule has 0 radical (unpaired) electrons. The lowest BCUT2D eigenvalue weighted by Crippen LogP contribution is -2.14. The zero-order chi connectivity index (χ0) is 18.2. The molecule has 3 aromatic rings. The maximum Gasteiger partial charge on any atom is 0.240 e. The van der Waals surface area contributed by atoms with Gasteiger partial charge in [-0.3, -0.25) is 4.79 Å². The zero-order valence-electron chi connectivity index (χ0n) is 14.9. The first-order valence-corrected chi connectivity index (χ1v) is 8.44. The topological polar surface area (TPSA) is 106 Å². The first-order valence-electron chi connectivity index (χ1n) is 8.44. The van der Waals surface area contributed by atoms with Crippen LogP contribution < -0.4 is 10.6 Å². The normalized spacial score (nSPS) is 10.3. The number of amides is 1. The number of carbonyl (C=O) groups is 1. The van der Waals surface area contributed by atoms with E-state index in [0.717, 1.165) is 24.3 Å². The van der Waals surface area contributed by atoms with Crippen LogP contribution in [0.15, 0.2) is 47.2 Å².